The SMILES string of the molecule is CC(CCC(=O)O)C1CCC2=C3CCC4CCCCC4(C)C3CCC21C. The van der Waals surface area contributed by atoms with Crippen LogP contribution in [0.3, 0.4) is 0 Å². The molecule has 0 aliphatic heterocycles. The zero-order chi connectivity index (χ0) is 18.5. The summed E-state index contributed by atoms with van der Waals surface area (Å²) in [7, 11) is 0. The molecular weight excluding hydrogens is 320 g/mol. The van der Waals surface area contributed by atoms with Crippen LogP contribution >= 0.6 is 0 Å². The minimum Gasteiger partial charge on any atom is -0.481 e. The van der Waals surface area contributed by atoms with Crippen LogP contribution in [0.15, 0.2) is 11.1 Å². The number of fused-ring (bicyclic) bond motifs is 4. The molecule has 3 fully saturated rings. The molecular formula is C24H38O2. The standard InChI is InChI=1S/C24H38O2/c1-16(7-12-22(25)26)19-10-11-20-18-9-8-17-6-4-5-14-23(17,2)21(18)13-15-24(19,20)3/h16-17,19,21H,4-15H2,1-3H3,(H,25,26). The number of hydrogen-bond acceptors (Lipinski definition) is 1. The summed E-state index contributed by atoms with van der Waals surface area (Å²) in [6, 6.07) is 0. The quantitative estimate of drug-likeness (QED) is 0.575. The van der Waals surface area contributed by atoms with Crippen molar-refractivity contribution < 1.29 is 9.90 Å². The van der Waals surface area contributed by atoms with Gasteiger partial charge in [0.15, 0.2) is 0 Å². The molecule has 6 unspecified atom stereocenters. The Balaban J connectivity index is 1.60. The van der Waals surface area contributed by atoms with Gasteiger partial charge in [-0.15, -0.1) is 0 Å². The Morgan fingerprint density at radius 2 is 1.92 bits per heavy atom. The van der Waals surface area contributed by atoms with E-state index in [0.717, 1.165) is 18.3 Å². The Hall–Kier alpha value is -0.790. The highest BCUT2D eigenvalue weighted by Crippen LogP contribution is 2.65. The van der Waals surface area contributed by atoms with Gasteiger partial charge in [-0.2, -0.15) is 0 Å². The van der Waals surface area contributed by atoms with Gasteiger partial charge >= 0.3 is 5.97 Å². The highest BCUT2D eigenvalue weighted by molar-refractivity contribution is 5.66. The van der Waals surface area contributed by atoms with Gasteiger partial charge in [0.25, 0.3) is 0 Å². The molecule has 3 saturated carbocycles. The molecule has 0 heterocycles. The van der Waals surface area contributed by atoms with E-state index in [1.54, 1.807) is 0 Å². The summed E-state index contributed by atoms with van der Waals surface area (Å²) in [5.74, 6) is 2.43. The molecule has 2 nitrogen and oxygen atoms in total. The number of rotatable bonds is 4. The summed E-state index contributed by atoms with van der Waals surface area (Å²) in [5.41, 5.74) is 4.66. The molecule has 0 amide bonds. The van der Waals surface area contributed by atoms with E-state index in [-0.39, 0.29) is 0 Å². The van der Waals surface area contributed by atoms with Crippen molar-refractivity contribution in [1.29, 1.82) is 0 Å². The molecule has 0 saturated heterocycles. The van der Waals surface area contributed by atoms with Crippen LogP contribution in [0.1, 0.15) is 97.8 Å². The molecule has 0 aromatic carbocycles. The van der Waals surface area contributed by atoms with Gasteiger partial charge in [-0.1, -0.05) is 44.8 Å². The maximum absolute atomic E-state index is 11.0. The Bertz CT molecular complexity index is 605. The zero-order valence-electron chi connectivity index (χ0n) is 17.2. The van der Waals surface area contributed by atoms with Crippen LogP contribution in [0.2, 0.25) is 0 Å². The fraction of sp³-hybridized carbons (Fsp3) is 0.875. The van der Waals surface area contributed by atoms with Gasteiger partial charge in [-0.05, 0) is 92.3 Å². The molecule has 0 radical (unpaired) electrons. The first kappa shape index (κ1) is 18.6. The summed E-state index contributed by atoms with van der Waals surface area (Å²) in [6.07, 6.45) is 15.1. The van der Waals surface area contributed by atoms with Crippen molar-refractivity contribution in [1.82, 2.24) is 0 Å². The average molecular weight is 359 g/mol. The van der Waals surface area contributed by atoms with Gasteiger partial charge in [0.1, 0.15) is 0 Å². The molecule has 2 heteroatoms. The number of hydrogen-bond donors (Lipinski definition) is 1. The minimum atomic E-state index is -0.633. The molecule has 0 aromatic heterocycles. The van der Waals surface area contributed by atoms with Crippen molar-refractivity contribution in [3.8, 4) is 0 Å². The van der Waals surface area contributed by atoms with Gasteiger partial charge < -0.3 is 5.11 Å². The average Bonchev–Trinajstić information content (AvgIpc) is 2.96. The van der Waals surface area contributed by atoms with Crippen LogP contribution in [-0.4, -0.2) is 11.1 Å². The van der Waals surface area contributed by atoms with E-state index in [9.17, 15) is 4.79 Å². The number of carbonyl (C=O) groups is 1. The number of carboxylic acid groups (broad SMARTS) is 1. The lowest BCUT2D eigenvalue weighted by molar-refractivity contribution is -0.137. The van der Waals surface area contributed by atoms with Crippen molar-refractivity contribution in [2.24, 2.45) is 34.5 Å². The molecule has 4 rings (SSSR count). The molecule has 4 aliphatic rings. The Kier molecular flexibility index (Phi) is 4.77. The van der Waals surface area contributed by atoms with E-state index >= 15 is 0 Å². The molecule has 6 atom stereocenters. The summed E-state index contributed by atoms with van der Waals surface area (Å²) in [5, 5.41) is 9.09. The Labute approximate surface area is 159 Å². The monoisotopic (exact) mass is 358 g/mol. The molecule has 1 N–H and O–H groups in total. The second-order valence-corrected chi connectivity index (χ2v) is 10.6. The first-order chi connectivity index (χ1) is 12.4. The molecule has 26 heavy (non-hydrogen) atoms. The van der Waals surface area contributed by atoms with E-state index in [2.05, 4.69) is 20.8 Å². The van der Waals surface area contributed by atoms with E-state index < -0.39 is 5.97 Å². The normalized spacial score (nSPS) is 43.4. The van der Waals surface area contributed by atoms with Crippen LogP contribution in [-0.2, 0) is 4.79 Å². The maximum atomic E-state index is 11.0. The lowest BCUT2D eigenvalue weighted by Crippen LogP contribution is -2.46. The first-order valence-electron chi connectivity index (χ1n) is 11.3. The van der Waals surface area contributed by atoms with Crippen molar-refractivity contribution >= 4 is 5.97 Å². The minimum absolute atomic E-state index is 0.335. The zero-order valence-corrected chi connectivity index (χ0v) is 17.2. The van der Waals surface area contributed by atoms with Gasteiger partial charge in [-0.3, -0.25) is 4.79 Å². The molecule has 0 spiro atoms. The molecule has 0 bridgehead atoms. The number of allylic oxidation sites excluding steroid dienone is 2. The first-order valence-corrected chi connectivity index (χ1v) is 11.3. The molecule has 146 valence electrons. The van der Waals surface area contributed by atoms with E-state index in [1.807, 2.05) is 11.1 Å². The van der Waals surface area contributed by atoms with E-state index in [4.69, 9.17) is 5.11 Å². The maximum Gasteiger partial charge on any atom is 0.303 e. The van der Waals surface area contributed by atoms with Gasteiger partial charge in [0.2, 0.25) is 0 Å². The smallest absolute Gasteiger partial charge is 0.303 e. The lowest BCUT2D eigenvalue weighted by Gasteiger charge is -2.56. The fourth-order valence-corrected chi connectivity index (χ4v) is 8.03. The highest BCUT2D eigenvalue weighted by atomic mass is 16.4. The second kappa shape index (κ2) is 6.67. The van der Waals surface area contributed by atoms with Crippen LogP contribution in [0.4, 0.5) is 0 Å². The molecule has 4 aliphatic carbocycles. The third kappa shape index (κ3) is 2.78. The predicted octanol–water partition coefficient (Wildman–Crippen LogP) is 6.60. The highest BCUT2D eigenvalue weighted by Gasteiger charge is 2.54. The van der Waals surface area contributed by atoms with Crippen molar-refractivity contribution in [2.45, 2.75) is 97.8 Å². The summed E-state index contributed by atoms with van der Waals surface area (Å²) in [4.78, 5) is 11.0. The second-order valence-electron chi connectivity index (χ2n) is 10.6. The third-order valence-corrected chi connectivity index (χ3v) is 9.48. The van der Waals surface area contributed by atoms with E-state index in [1.165, 1.54) is 64.2 Å². The summed E-state index contributed by atoms with van der Waals surface area (Å²) < 4.78 is 0. The lowest BCUT2D eigenvalue weighted by atomic mass is 9.49. The van der Waals surface area contributed by atoms with Gasteiger partial charge in [0.05, 0.1) is 0 Å². The Morgan fingerprint density at radius 3 is 2.69 bits per heavy atom. The topological polar surface area (TPSA) is 37.3 Å². The van der Waals surface area contributed by atoms with Gasteiger partial charge in [-0.25, -0.2) is 0 Å². The largest absolute Gasteiger partial charge is 0.481 e. The fourth-order valence-electron chi connectivity index (χ4n) is 8.03. The summed E-state index contributed by atoms with van der Waals surface area (Å²) >= 11 is 0. The van der Waals surface area contributed by atoms with Crippen LogP contribution in [0, 0.1) is 34.5 Å². The van der Waals surface area contributed by atoms with Crippen LogP contribution in [0.25, 0.3) is 0 Å². The van der Waals surface area contributed by atoms with Crippen LogP contribution < -0.4 is 0 Å². The van der Waals surface area contributed by atoms with E-state index in [0.29, 0.717) is 29.1 Å². The number of aliphatic carboxylic acids is 1. The van der Waals surface area contributed by atoms with Gasteiger partial charge in [0, 0.05) is 6.42 Å². The predicted molar refractivity (Wildman–Crippen MR) is 106 cm³/mol. The van der Waals surface area contributed by atoms with Crippen molar-refractivity contribution in [3.63, 3.8) is 0 Å². The van der Waals surface area contributed by atoms with Crippen molar-refractivity contribution in [3.05, 3.63) is 11.1 Å². The summed E-state index contributed by atoms with van der Waals surface area (Å²) in [6.45, 7) is 7.49. The van der Waals surface area contributed by atoms with Crippen molar-refractivity contribution in [2.75, 3.05) is 0 Å². The molecule has 0 aromatic rings. The Morgan fingerprint density at radius 1 is 1.12 bits per heavy atom. The third-order valence-electron chi connectivity index (χ3n) is 9.48. The number of carboxylic acids is 1. The van der Waals surface area contributed by atoms with Crippen LogP contribution in [0.5, 0.6) is 0 Å².